The summed E-state index contributed by atoms with van der Waals surface area (Å²) >= 11 is 19.5. The quantitative estimate of drug-likeness (QED) is 0.383. The van der Waals surface area contributed by atoms with E-state index in [4.69, 9.17) is 35.4 Å². The highest BCUT2D eigenvalue weighted by atomic mass is 35.5. The number of hydrogen-bond donors (Lipinski definition) is 1. The predicted octanol–water partition coefficient (Wildman–Crippen LogP) is 5.55. The van der Waals surface area contributed by atoms with Crippen LogP contribution in [0.2, 0.25) is 10.0 Å². The van der Waals surface area contributed by atoms with E-state index in [1.807, 2.05) is 23.5 Å². The average Bonchev–Trinajstić information content (AvgIpc) is 3.06. The first-order valence-electron chi connectivity index (χ1n) is 9.31. The molecular formula is C21H17Cl2N3O2S2. The normalized spacial score (nSPS) is 11.3. The minimum atomic E-state index is -0.253. The van der Waals surface area contributed by atoms with Crippen LogP contribution >= 0.6 is 46.8 Å². The summed E-state index contributed by atoms with van der Waals surface area (Å²) in [5, 5.41) is 4.29. The molecule has 0 bridgehead atoms. The highest BCUT2D eigenvalue weighted by Gasteiger charge is 2.21. The largest absolute Gasteiger partial charge is 0.355 e. The van der Waals surface area contributed by atoms with Gasteiger partial charge in [-0.1, -0.05) is 48.3 Å². The topological polar surface area (TPSA) is 55.5 Å². The molecule has 1 N–H and O–H groups in total. The number of carbonyl (C=O) groups is 1. The molecule has 0 saturated heterocycles. The number of halogens is 2. The van der Waals surface area contributed by atoms with E-state index in [-0.39, 0.29) is 18.0 Å². The summed E-state index contributed by atoms with van der Waals surface area (Å²) in [5.41, 5.74) is 1.69. The number of para-hydroxylation sites is 1. The van der Waals surface area contributed by atoms with E-state index in [1.54, 1.807) is 30.3 Å². The molecule has 0 spiro atoms. The van der Waals surface area contributed by atoms with E-state index in [1.165, 1.54) is 15.9 Å². The predicted molar refractivity (Wildman–Crippen MR) is 127 cm³/mol. The van der Waals surface area contributed by atoms with Gasteiger partial charge in [0.25, 0.3) is 5.56 Å². The first kappa shape index (κ1) is 21.1. The molecular weight excluding hydrogens is 461 g/mol. The van der Waals surface area contributed by atoms with Gasteiger partial charge in [-0.15, -0.1) is 11.3 Å². The molecule has 1 amide bonds. The van der Waals surface area contributed by atoms with Gasteiger partial charge in [0, 0.05) is 17.1 Å². The lowest BCUT2D eigenvalue weighted by Gasteiger charge is -2.13. The molecule has 30 heavy (non-hydrogen) atoms. The second-order valence-corrected chi connectivity index (χ2v) is 9.23. The van der Waals surface area contributed by atoms with Crippen molar-refractivity contribution in [3.05, 3.63) is 66.8 Å². The molecule has 0 aliphatic heterocycles. The Balaban J connectivity index is 2.09. The maximum absolute atomic E-state index is 13.4. The van der Waals surface area contributed by atoms with E-state index in [0.717, 1.165) is 6.42 Å². The highest BCUT2D eigenvalue weighted by Crippen LogP contribution is 2.38. The van der Waals surface area contributed by atoms with Crippen LogP contribution in [0.1, 0.15) is 13.3 Å². The van der Waals surface area contributed by atoms with Crippen LogP contribution in [0.3, 0.4) is 0 Å². The monoisotopic (exact) mass is 477 g/mol. The summed E-state index contributed by atoms with van der Waals surface area (Å²) in [6, 6.07) is 12.4. The maximum atomic E-state index is 13.4. The molecule has 0 aliphatic carbocycles. The van der Waals surface area contributed by atoms with Crippen molar-refractivity contribution in [2.75, 3.05) is 6.54 Å². The standard InChI is InChI=1S/C21H17Cl2N3O2S2/c1-2-9-24-17(27)11-25-19-18(13-8-7-12(22)10-15(13)23)30-21(29)26(19)16-6-4-3-5-14(16)20(25)28/h3-8,10H,2,9,11H2,1H3,(H,24,27). The van der Waals surface area contributed by atoms with Gasteiger partial charge in [-0.05, 0) is 42.9 Å². The number of amides is 1. The molecule has 154 valence electrons. The third-order valence-corrected chi connectivity index (χ3v) is 6.66. The van der Waals surface area contributed by atoms with Gasteiger partial charge in [-0.2, -0.15) is 0 Å². The molecule has 0 fully saturated rings. The number of rotatable bonds is 5. The fourth-order valence-corrected chi connectivity index (χ4v) is 5.40. The third kappa shape index (κ3) is 3.67. The highest BCUT2D eigenvalue weighted by molar-refractivity contribution is 7.73. The Bertz CT molecular complexity index is 1410. The van der Waals surface area contributed by atoms with E-state index in [0.29, 0.717) is 47.5 Å². The summed E-state index contributed by atoms with van der Waals surface area (Å²) < 4.78 is 3.87. The summed E-state index contributed by atoms with van der Waals surface area (Å²) in [6.45, 7) is 2.40. The summed E-state index contributed by atoms with van der Waals surface area (Å²) in [7, 11) is 0. The Hall–Kier alpha value is -2.19. The van der Waals surface area contributed by atoms with Crippen molar-refractivity contribution >= 4 is 69.2 Å². The van der Waals surface area contributed by atoms with Crippen LogP contribution in [0.4, 0.5) is 0 Å². The van der Waals surface area contributed by atoms with Gasteiger partial charge in [0.1, 0.15) is 12.2 Å². The zero-order valence-corrected chi connectivity index (χ0v) is 19.1. The molecule has 0 aliphatic rings. The fraction of sp³-hybridized carbons (Fsp3) is 0.190. The first-order chi connectivity index (χ1) is 14.4. The minimum absolute atomic E-state index is 0.114. The van der Waals surface area contributed by atoms with Crippen molar-refractivity contribution in [1.29, 1.82) is 0 Å². The number of carbonyl (C=O) groups excluding carboxylic acids is 1. The molecule has 9 heteroatoms. The average molecular weight is 478 g/mol. The van der Waals surface area contributed by atoms with E-state index in [9.17, 15) is 9.59 Å². The molecule has 2 aromatic heterocycles. The third-order valence-electron chi connectivity index (χ3n) is 4.71. The zero-order chi connectivity index (χ0) is 21.4. The van der Waals surface area contributed by atoms with Gasteiger partial charge in [0.05, 0.1) is 20.8 Å². The van der Waals surface area contributed by atoms with Crippen LogP contribution in [-0.4, -0.2) is 21.4 Å². The van der Waals surface area contributed by atoms with Crippen molar-refractivity contribution in [3.63, 3.8) is 0 Å². The molecule has 0 atom stereocenters. The van der Waals surface area contributed by atoms with Crippen LogP contribution < -0.4 is 10.9 Å². The molecule has 0 unspecified atom stereocenters. The van der Waals surface area contributed by atoms with Crippen molar-refractivity contribution < 1.29 is 4.79 Å². The minimum Gasteiger partial charge on any atom is -0.355 e. The van der Waals surface area contributed by atoms with Crippen LogP contribution in [0, 0.1) is 3.95 Å². The lowest BCUT2D eigenvalue weighted by molar-refractivity contribution is -0.121. The van der Waals surface area contributed by atoms with Gasteiger partial charge in [0.15, 0.2) is 3.95 Å². The molecule has 5 nitrogen and oxygen atoms in total. The van der Waals surface area contributed by atoms with Crippen LogP contribution in [0.25, 0.3) is 27.0 Å². The van der Waals surface area contributed by atoms with Crippen molar-refractivity contribution in [2.24, 2.45) is 0 Å². The number of nitrogens with zero attached hydrogens (tertiary/aromatic N) is 2. The second kappa shape index (κ2) is 8.51. The Morgan fingerprint density at radius 1 is 1.20 bits per heavy atom. The number of thiazole rings is 1. The number of nitrogens with one attached hydrogen (secondary N) is 1. The molecule has 0 saturated carbocycles. The number of aromatic nitrogens is 2. The van der Waals surface area contributed by atoms with Gasteiger partial charge in [0.2, 0.25) is 5.91 Å². The first-order valence-corrected chi connectivity index (χ1v) is 11.3. The van der Waals surface area contributed by atoms with E-state index < -0.39 is 0 Å². The summed E-state index contributed by atoms with van der Waals surface area (Å²) in [4.78, 5) is 26.6. The molecule has 4 aromatic rings. The molecule has 4 rings (SSSR count). The summed E-state index contributed by atoms with van der Waals surface area (Å²) in [6.07, 6.45) is 0.808. The van der Waals surface area contributed by atoms with Crippen molar-refractivity contribution in [1.82, 2.24) is 14.3 Å². The van der Waals surface area contributed by atoms with Crippen molar-refractivity contribution in [3.8, 4) is 10.4 Å². The van der Waals surface area contributed by atoms with Crippen LogP contribution in [0.5, 0.6) is 0 Å². The van der Waals surface area contributed by atoms with Gasteiger partial charge < -0.3 is 5.32 Å². The van der Waals surface area contributed by atoms with Gasteiger partial charge >= 0.3 is 0 Å². The number of benzene rings is 2. The van der Waals surface area contributed by atoms with Crippen LogP contribution in [-0.2, 0) is 11.3 Å². The second-order valence-electron chi connectivity index (χ2n) is 6.74. The Kier molecular flexibility index (Phi) is 5.97. The van der Waals surface area contributed by atoms with Gasteiger partial charge in [-0.25, -0.2) is 0 Å². The van der Waals surface area contributed by atoms with E-state index >= 15 is 0 Å². The molecule has 0 radical (unpaired) electrons. The maximum Gasteiger partial charge on any atom is 0.262 e. The Morgan fingerprint density at radius 2 is 1.97 bits per heavy atom. The lowest BCUT2D eigenvalue weighted by atomic mass is 10.2. The SMILES string of the molecule is CCCNC(=O)Cn1c(=O)c2ccccc2n2c(=S)sc(-c3ccc(Cl)cc3Cl)c12. The lowest BCUT2D eigenvalue weighted by Crippen LogP contribution is -2.33. The van der Waals surface area contributed by atoms with Crippen molar-refractivity contribution in [2.45, 2.75) is 19.9 Å². The smallest absolute Gasteiger partial charge is 0.262 e. The van der Waals surface area contributed by atoms with Gasteiger partial charge in [-0.3, -0.25) is 18.6 Å². The molecule has 2 aromatic carbocycles. The molecule has 2 heterocycles. The summed E-state index contributed by atoms with van der Waals surface area (Å²) in [5.74, 6) is -0.235. The van der Waals surface area contributed by atoms with E-state index in [2.05, 4.69) is 5.32 Å². The number of fused-ring (bicyclic) bond motifs is 3. The van der Waals surface area contributed by atoms with Crippen LogP contribution in [0.15, 0.2) is 47.3 Å². The zero-order valence-electron chi connectivity index (χ0n) is 15.9. The fourth-order valence-electron chi connectivity index (χ4n) is 3.37. The Morgan fingerprint density at radius 3 is 2.70 bits per heavy atom. The Labute approximate surface area is 191 Å². The number of hydrogen-bond acceptors (Lipinski definition) is 4.